The van der Waals surface area contributed by atoms with Crippen molar-refractivity contribution in [1.82, 2.24) is 10.2 Å². The first-order valence-electron chi connectivity index (χ1n) is 6.63. The SMILES string of the molecule is CCCSc1nnc(SCC(=O)Nc2ccc(C)cc2)s1. The molecule has 0 aliphatic rings. The van der Waals surface area contributed by atoms with Gasteiger partial charge in [-0.3, -0.25) is 4.79 Å². The van der Waals surface area contributed by atoms with Crippen LogP contribution in [0, 0.1) is 6.92 Å². The molecule has 7 heteroatoms. The van der Waals surface area contributed by atoms with E-state index in [2.05, 4.69) is 22.4 Å². The van der Waals surface area contributed by atoms with Crippen molar-refractivity contribution in [3.8, 4) is 0 Å². The minimum Gasteiger partial charge on any atom is -0.325 e. The van der Waals surface area contributed by atoms with Crippen LogP contribution in [0.5, 0.6) is 0 Å². The van der Waals surface area contributed by atoms with Crippen molar-refractivity contribution in [3.05, 3.63) is 29.8 Å². The zero-order chi connectivity index (χ0) is 15.1. The number of nitrogens with zero attached hydrogens (tertiary/aromatic N) is 2. The molecular formula is C14H17N3OS3. The van der Waals surface area contributed by atoms with Crippen LogP contribution >= 0.6 is 34.9 Å². The topological polar surface area (TPSA) is 54.9 Å². The molecule has 4 nitrogen and oxygen atoms in total. The molecular weight excluding hydrogens is 322 g/mol. The van der Waals surface area contributed by atoms with Gasteiger partial charge in [-0.05, 0) is 25.5 Å². The second-order valence-corrected chi connectivity index (χ2v) is 7.93. The normalized spacial score (nSPS) is 10.6. The zero-order valence-corrected chi connectivity index (χ0v) is 14.4. The lowest BCUT2D eigenvalue weighted by Crippen LogP contribution is -2.13. The third-order valence-electron chi connectivity index (χ3n) is 2.48. The van der Waals surface area contributed by atoms with Gasteiger partial charge in [-0.15, -0.1) is 10.2 Å². The van der Waals surface area contributed by atoms with E-state index in [9.17, 15) is 4.79 Å². The van der Waals surface area contributed by atoms with Crippen molar-refractivity contribution in [2.75, 3.05) is 16.8 Å². The Morgan fingerprint density at radius 1 is 1.19 bits per heavy atom. The van der Waals surface area contributed by atoms with Gasteiger partial charge >= 0.3 is 0 Å². The van der Waals surface area contributed by atoms with E-state index in [0.29, 0.717) is 5.75 Å². The molecule has 0 atom stereocenters. The van der Waals surface area contributed by atoms with E-state index in [1.165, 1.54) is 17.3 Å². The Balaban J connectivity index is 1.78. The molecule has 0 bridgehead atoms. The van der Waals surface area contributed by atoms with Crippen LogP contribution in [0.25, 0.3) is 0 Å². The van der Waals surface area contributed by atoms with Crippen molar-refractivity contribution in [2.24, 2.45) is 0 Å². The van der Waals surface area contributed by atoms with Gasteiger partial charge in [-0.2, -0.15) is 0 Å². The van der Waals surface area contributed by atoms with Crippen molar-refractivity contribution in [3.63, 3.8) is 0 Å². The molecule has 0 aliphatic heterocycles. The quantitative estimate of drug-likeness (QED) is 0.770. The van der Waals surface area contributed by atoms with E-state index in [1.807, 2.05) is 31.2 Å². The van der Waals surface area contributed by atoms with Crippen LogP contribution in [0.15, 0.2) is 32.9 Å². The van der Waals surface area contributed by atoms with Gasteiger partial charge in [-0.25, -0.2) is 0 Å². The molecule has 21 heavy (non-hydrogen) atoms. The van der Waals surface area contributed by atoms with E-state index in [0.717, 1.165) is 26.5 Å². The molecule has 2 rings (SSSR count). The summed E-state index contributed by atoms with van der Waals surface area (Å²) in [7, 11) is 0. The predicted molar refractivity (Wildman–Crippen MR) is 91.5 cm³/mol. The molecule has 0 spiro atoms. The molecule has 0 unspecified atom stereocenters. The van der Waals surface area contributed by atoms with Gasteiger partial charge in [-0.1, -0.05) is 59.5 Å². The first-order chi connectivity index (χ1) is 10.2. The molecule has 0 aliphatic carbocycles. The van der Waals surface area contributed by atoms with Gasteiger partial charge in [0.15, 0.2) is 8.68 Å². The Kier molecular flexibility index (Phi) is 6.53. The van der Waals surface area contributed by atoms with Gasteiger partial charge in [0, 0.05) is 11.4 Å². The number of aromatic nitrogens is 2. The smallest absolute Gasteiger partial charge is 0.234 e. The van der Waals surface area contributed by atoms with Crippen molar-refractivity contribution in [2.45, 2.75) is 28.9 Å². The number of rotatable bonds is 7. The highest BCUT2D eigenvalue weighted by atomic mass is 32.2. The first-order valence-corrected chi connectivity index (χ1v) is 9.41. The molecule has 0 fully saturated rings. The van der Waals surface area contributed by atoms with Gasteiger partial charge in [0.25, 0.3) is 0 Å². The Morgan fingerprint density at radius 2 is 1.86 bits per heavy atom. The third-order valence-corrected chi connectivity index (χ3v) is 5.88. The summed E-state index contributed by atoms with van der Waals surface area (Å²) in [4.78, 5) is 11.9. The second kappa shape index (κ2) is 8.41. The summed E-state index contributed by atoms with van der Waals surface area (Å²) in [5.41, 5.74) is 2.00. The largest absolute Gasteiger partial charge is 0.325 e. The Morgan fingerprint density at radius 3 is 2.52 bits per heavy atom. The number of anilines is 1. The number of hydrogen-bond donors (Lipinski definition) is 1. The number of amides is 1. The zero-order valence-electron chi connectivity index (χ0n) is 12.0. The van der Waals surface area contributed by atoms with Gasteiger partial charge in [0.2, 0.25) is 5.91 Å². The third kappa shape index (κ3) is 5.68. The average molecular weight is 340 g/mol. The highest BCUT2D eigenvalue weighted by molar-refractivity contribution is 8.03. The second-order valence-electron chi connectivity index (χ2n) is 4.39. The number of hydrogen-bond acceptors (Lipinski definition) is 6. The summed E-state index contributed by atoms with van der Waals surface area (Å²) in [6.45, 7) is 4.16. The Labute approximate surface area is 137 Å². The Hall–Kier alpha value is -1.05. The highest BCUT2D eigenvalue weighted by Gasteiger charge is 2.08. The standard InChI is InChI=1S/C14H17N3OS3/c1-3-8-19-13-16-17-14(21-13)20-9-12(18)15-11-6-4-10(2)5-7-11/h4-7H,3,8-9H2,1-2H3,(H,15,18). The number of carbonyl (C=O) groups is 1. The lowest BCUT2D eigenvalue weighted by molar-refractivity contribution is -0.113. The first kappa shape index (κ1) is 16.3. The summed E-state index contributed by atoms with van der Waals surface area (Å²) in [6.07, 6.45) is 1.12. The van der Waals surface area contributed by atoms with E-state index in [4.69, 9.17) is 0 Å². The van der Waals surface area contributed by atoms with E-state index in [1.54, 1.807) is 23.1 Å². The maximum Gasteiger partial charge on any atom is 0.234 e. The van der Waals surface area contributed by atoms with Gasteiger partial charge in [0.05, 0.1) is 5.75 Å². The van der Waals surface area contributed by atoms with E-state index in [-0.39, 0.29) is 5.91 Å². The molecule has 0 saturated heterocycles. The minimum atomic E-state index is -0.0261. The predicted octanol–water partition coefficient (Wildman–Crippen LogP) is 4.08. The lowest BCUT2D eigenvalue weighted by Gasteiger charge is -2.04. The van der Waals surface area contributed by atoms with Crippen molar-refractivity contribution >= 4 is 46.5 Å². The number of thioether (sulfide) groups is 2. The van der Waals surface area contributed by atoms with Gasteiger partial charge < -0.3 is 5.32 Å². The van der Waals surface area contributed by atoms with Crippen LogP contribution in [-0.4, -0.2) is 27.6 Å². The van der Waals surface area contributed by atoms with Crippen LogP contribution in [0.2, 0.25) is 0 Å². The van der Waals surface area contributed by atoms with Crippen LogP contribution in [0.3, 0.4) is 0 Å². The molecule has 1 aromatic heterocycles. The number of aryl methyl sites for hydroxylation is 1. The summed E-state index contributed by atoms with van der Waals surface area (Å²) in [5, 5.41) is 11.1. The van der Waals surface area contributed by atoms with Crippen LogP contribution in [-0.2, 0) is 4.79 Å². The average Bonchev–Trinajstić information content (AvgIpc) is 2.93. The van der Waals surface area contributed by atoms with Crippen LogP contribution in [0.1, 0.15) is 18.9 Å². The summed E-state index contributed by atoms with van der Waals surface area (Å²) >= 11 is 4.68. The van der Waals surface area contributed by atoms with E-state index < -0.39 is 0 Å². The number of benzene rings is 1. The monoisotopic (exact) mass is 339 g/mol. The molecule has 0 radical (unpaired) electrons. The molecule has 1 aromatic carbocycles. The minimum absolute atomic E-state index is 0.0261. The maximum atomic E-state index is 11.9. The fraction of sp³-hybridized carbons (Fsp3) is 0.357. The van der Waals surface area contributed by atoms with Crippen molar-refractivity contribution < 1.29 is 4.79 Å². The molecule has 2 aromatic rings. The fourth-order valence-corrected chi connectivity index (χ4v) is 4.21. The van der Waals surface area contributed by atoms with Crippen LogP contribution in [0.4, 0.5) is 5.69 Å². The van der Waals surface area contributed by atoms with E-state index >= 15 is 0 Å². The van der Waals surface area contributed by atoms with Crippen molar-refractivity contribution in [1.29, 1.82) is 0 Å². The van der Waals surface area contributed by atoms with Gasteiger partial charge in [0.1, 0.15) is 0 Å². The Bertz CT molecular complexity index is 583. The molecule has 1 heterocycles. The fourth-order valence-electron chi connectivity index (χ4n) is 1.46. The number of nitrogens with one attached hydrogen (secondary N) is 1. The molecule has 1 amide bonds. The highest BCUT2D eigenvalue weighted by Crippen LogP contribution is 2.29. The summed E-state index contributed by atoms with van der Waals surface area (Å²) in [5.74, 6) is 1.37. The molecule has 0 saturated carbocycles. The van der Waals surface area contributed by atoms with Crippen LogP contribution < -0.4 is 5.32 Å². The summed E-state index contributed by atoms with van der Waals surface area (Å²) in [6, 6.07) is 7.76. The number of carbonyl (C=O) groups excluding carboxylic acids is 1. The molecule has 1 N–H and O–H groups in total. The summed E-state index contributed by atoms with van der Waals surface area (Å²) < 4.78 is 1.81. The lowest BCUT2D eigenvalue weighted by atomic mass is 10.2. The maximum absolute atomic E-state index is 11.9. The molecule has 112 valence electrons.